The van der Waals surface area contributed by atoms with Gasteiger partial charge in [-0.3, -0.25) is 9.69 Å². The van der Waals surface area contributed by atoms with Crippen LogP contribution in [0.25, 0.3) is 0 Å². The Morgan fingerprint density at radius 3 is 2.50 bits per heavy atom. The Hall–Kier alpha value is -2.45. The van der Waals surface area contributed by atoms with Gasteiger partial charge >= 0.3 is 6.61 Å². The van der Waals surface area contributed by atoms with E-state index in [1.165, 1.54) is 12.1 Å². The number of hydrogen-bond donors (Lipinski definition) is 1. The number of carbonyl (C=O) groups excluding carboxylic acids is 1. The van der Waals surface area contributed by atoms with Crippen LogP contribution in [0, 0.1) is 6.92 Å². The molecule has 6 nitrogen and oxygen atoms in total. The minimum Gasteiger partial charge on any atom is -0.465 e. The fourth-order valence-electron chi connectivity index (χ4n) is 3.18. The van der Waals surface area contributed by atoms with Crippen molar-refractivity contribution >= 4 is 5.91 Å². The number of halogens is 2. The summed E-state index contributed by atoms with van der Waals surface area (Å²) in [4.78, 5) is 14.6. The molecule has 0 spiro atoms. The van der Waals surface area contributed by atoms with Crippen LogP contribution in [0.5, 0.6) is 5.75 Å². The normalized spacial score (nSPS) is 16.1. The van der Waals surface area contributed by atoms with Crippen molar-refractivity contribution in [2.45, 2.75) is 26.0 Å². The molecule has 28 heavy (non-hydrogen) atoms. The third kappa shape index (κ3) is 5.77. The summed E-state index contributed by atoms with van der Waals surface area (Å²) in [5.74, 6) is 1.56. The van der Waals surface area contributed by atoms with Crippen LogP contribution in [0.1, 0.15) is 23.1 Å². The fraction of sp³-hybridized carbons (Fsp3) is 0.450. The molecular formula is C20H24F2N2O4. The minimum absolute atomic E-state index is 0.0663. The van der Waals surface area contributed by atoms with E-state index in [4.69, 9.17) is 9.15 Å². The highest BCUT2D eigenvalue weighted by Gasteiger charge is 2.25. The quantitative estimate of drug-likeness (QED) is 0.746. The second-order valence-electron chi connectivity index (χ2n) is 6.62. The molecule has 2 heterocycles. The molecule has 0 radical (unpaired) electrons. The van der Waals surface area contributed by atoms with Crippen molar-refractivity contribution in [3.05, 3.63) is 53.5 Å². The molecule has 8 heteroatoms. The first-order valence-electron chi connectivity index (χ1n) is 9.20. The van der Waals surface area contributed by atoms with Crippen molar-refractivity contribution < 1.29 is 27.5 Å². The number of nitrogens with zero attached hydrogens (tertiary/aromatic N) is 1. The van der Waals surface area contributed by atoms with E-state index in [-0.39, 0.29) is 24.1 Å². The van der Waals surface area contributed by atoms with Crippen LogP contribution in [0.3, 0.4) is 0 Å². The highest BCUT2D eigenvalue weighted by atomic mass is 19.3. The summed E-state index contributed by atoms with van der Waals surface area (Å²) >= 11 is 0. The van der Waals surface area contributed by atoms with Crippen LogP contribution in [0.2, 0.25) is 0 Å². The highest BCUT2D eigenvalue weighted by Crippen LogP contribution is 2.23. The average Bonchev–Trinajstić information content (AvgIpc) is 3.10. The molecule has 0 aliphatic carbocycles. The van der Waals surface area contributed by atoms with Crippen molar-refractivity contribution in [1.29, 1.82) is 0 Å². The summed E-state index contributed by atoms with van der Waals surface area (Å²) in [7, 11) is 0. The number of aryl methyl sites for hydroxylation is 1. The smallest absolute Gasteiger partial charge is 0.387 e. The number of furan rings is 1. The van der Waals surface area contributed by atoms with Crippen LogP contribution < -0.4 is 10.1 Å². The van der Waals surface area contributed by atoms with Gasteiger partial charge in [-0.2, -0.15) is 8.78 Å². The number of amides is 1. The fourth-order valence-corrected chi connectivity index (χ4v) is 3.18. The van der Waals surface area contributed by atoms with Gasteiger partial charge in [0.25, 0.3) is 0 Å². The molecule has 1 saturated heterocycles. The molecule has 1 aliphatic heterocycles. The van der Waals surface area contributed by atoms with Gasteiger partial charge in [-0.05, 0) is 36.8 Å². The lowest BCUT2D eigenvalue weighted by Gasteiger charge is -2.33. The lowest BCUT2D eigenvalue weighted by atomic mass is 10.1. The first-order valence-corrected chi connectivity index (χ1v) is 9.20. The molecule has 1 aliphatic rings. The molecule has 0 saturated carbocycles. The molecule has 1 N–H and O–H groups in total. The van der Waals surface area contributed by atoms with Gasteiger partial charge in [-0.1, -0.05) is 12.1 Å². The number of benzene rings is 1. The van der Waals surface area contributed by atoms with E-state index in [0.717, 1.165) is 30.2 Å². The van der Waals surface area contributed by atoms with E-state index in [1.807, 2.05) is 19.1 Å². The van der Waals surface area contributed by atoms with Crippen molar-refractivity contribution in [3.63, 3.8) is 0 Å². The molecule has 1 unspecified atom stereocenters. The Morgan fingerprint density at radius 2 is 1.89 bits per heavy atom. The van der Waals surface area contributed by atoms with E-state index in [0.29, 0.717) is 19.8 Å². The second kappa shape index (κ2) is 9.66. The summed E-state index contributed by atoms with van der Waals surface area (Å²) in [5, 5.41) is 2.95. The Labute approximate surface area is 162 Å². The van der Waals surface area contributed by atoms with Crippen LogP contribution in [0.15, 0.2) is 40.8 Å². The molecule has 0 bridgehead atoms. The third-order valence-electron chi connectivity index (χ3n) is 4.58. The van der Waals surface area contributed by atoms with Gasteiger partial charge in [-0.15, -0.1) is 0 Å². The zero-order valence-corrected chi connectivity index (χ0v) is 15.7. The molecule has 1 fully saturated rings. The van der Waals surface area contributed by atoms with Crippen LogP contribution in [0.4, 0.5) is 8.78 Å². The highest BCUT2D eigenvalue weighted by molar-refractivity contribution is 5.78. The molecule has 152 valence electrons. The van der Waals surface area contributed by atoms with Gasteiger partial charge in [0.1, 0.15) is 17.3 Å². The maximum absolute atomic E-state index is 12.4. The molecule has 1 aromatic heterocycles. The lowest BCUT2D eigenvalue weighted by molar-refractivity contribution is -0.120. The summed E-state index contributed by atoms with van der Waals surface area (Å²) < 4.78 is 39.9. The van der Waals surface area contributed by atoms with Gasteiger partial charge in [0.05, 0.1) is 25.7 Å². The number of nitrogens with one attached hydrogen (secondary N) is 1. The van der Waals surface area contributed by atoms with Gasteiger partial charge in [0.15, 0.2) is 0 Å². The van der Waals surface area contributed by atoms with Gasteiger partial charge < -0.3 is 19.2 Å². The summed E-state index contributed by atoms with van der Waals surface area (Å²) in [6, 6.07) is 9.84. The van der Waals surface area contributed by atoms with E-state index in [9.17, 15) is 13.6 Å². The van der Waals surface area contributed by atoms with E-state index < -0.39 is 6.61 Å². The average molecular weight is 394 g/mol. The zero-order chi connectivity index (χ0) is 19.9. The summed E-state index contributed by atoms with van der Waals surface area (Å²) in [6.45, 7) is 2.28. The summed E-state index contributed by atoms with van der Waals surface area (Å²) in [6.07, 6.45) is 0.155. The number of alkyl halides is 2. The Kier molecular flexibility index (Phi) is 7.00. The molecule has 2 aromatic rings. The monoisotopic (exact) mass is 394 g/mol. The number of hydrogen-bond acceptors (Lipinski definition) is 5. The maximum Gasteiger partial charge on any atom is 0.387 e. The van der Waals surface area contributed by atoms with Crippen molar-refractivity contribution in [1.82, 2.24) is 10.2 Å². The number of morpholine rings is 1. The van der Waals surface area contributed by atoms with Crippen LogP contribution in [-0.2, 0) is 16.0 Å². The lowest BCUT2D eigenvalue weighted by Crippen LogP contribution is -2.43. The molecule has 3 rings (SSSR count). The maximum atomic E-state index is 12.4. The van der Waals surface area contributed by atoms with Crippen LogP contribution >= 0.6 is 0 Å². The Balaban J connectivity index is 1.57. The van der Waals surface area contributed by atoms with Crippen molar-refractivity contribution in [2.75, 3.05) is 32.8 Å². The SMILES string of the molecule is Cc1ccc(C(CNC(=O)Cc2ccc(OC(F)F)cc2)N2CCOCC2)o1. The first-order chi connectivity index (χ1) is 13.5. The van der Waals surface area contributed by atoms with Crippen molar-refractivity contribution in [3.8, 4) is 5.75 Å². The number of rotatable bonds is 8. The van der Waals surface area contributed by atoms with Crippen LogP contribution in [-0.4, -0.2) is 50.3 Å². The van der Waals surface area contributed by atoms with E-state index in [2.05, 4.69) is 15.0 Å². The van der Waals surface area contributed by atoms with Gasteiger partial charge in [0.2, 0.25) is 5.91 Å². The van der Waals surface area contributed by atoms with Gasteiger partial charge in [-0.25, -0.2) is 0 Å². The molecular weight excluding hydrogens is 370 g/mol. The van der Waals surface area contributed by atoms with Gasteiger partial charge in [0, 0.05) is 19.6 Å². The summed E-state index contributed by atoms with van der Waals surface area (Å²) in [5.41, 5.74) is 0.718. The molecule has 1 aromatic carbocycles. The van der Waals surface area contributed by atoms with Crippen molar-refractivity contribution in [2.24, 2.45) is 0 Å². The first kappa shape index (κ1) is 20.3. The molecule has 1 amide bonds. The minimum atomic E-state index is -2.86. The predicted octanol–water partition coefficient (Wildman–Crippen LogP) is 2.92. The molecule has 1 atom stereocenters. The predicted molar refractivity (Wildman–Crippen MR) is 98.4 cm³/mol. The zero-order valence-electron chi connectivity index (χ0n) is 15.7. The number of ether oxygens (including phenoxy) is 2. The second-order valence-corrected chi connectivity index (χ2v) is 6.62. The topological polar surface area (TPSA) is 63.9 Å². The number of carbonyl (C=O) groups is 1. The Bertz CT molecular complexity index is 758. The Morgan fingerprint density at radius 1 is 1.18 bits per heavy atom. The third-order valence-corrected chi connectivity index (χ3v) is 4.58. The van der Waals surface area contributed by atoms with E-state index in [1.54, 1.807) is 12.1 Å². The van der Waals surface area contributed by atoms with E-state index >= 15 is 0 Å². The largest absolute Gasteiger partial charge is 0.465 e. The standard InChI is InChI=1S/C20H24F2N2O4/c1-14-2-7-18(27-14)17(24-8-10-26-11-9-24)13-23-19(25)12-15-3-5-16(6-4-15)28-20(21)22/h2-7,17,20H,8-13H2,1H3,(H,23,25).